The maximum atomic E-state index is 14.7. The predicted molar refractivity (Wildman–Crippen MR) is 160 cm³/mol. The molecule has 0 radical (unpaired) electrons. The van der Waals surface area contributed by atoms with Crippen molar-refractivity contribution < 1.29 is 28.2 Å². The summed E-state index contributed by atoms with van der Waals surface area (Å²) in [5.74, 6) is 0.0862. The van der Waals surface area contributed by atoms with E-state index in [1.807, 2.05) is 37.3 Å². The highest BCUT2D eigenvalue weighted by Crippen LogP contribution is 2.42. The largest absolute Gasteiger partial charge is 0.496 e. The third-order valence-corrected chi connectivity index (χ3v) is 8.63. The summed E-state index contributed by atoms with van der Waals surface area (Å²) in [6.45, 7) is 2.80. The number of hydrogen-bond donors (Lipinski definition) is 2. The van der Waals surface area contributed by atoms with Crippen molar-refractivity contribution in [1.82, 2.24) is 15.5 Å². The molecule has 0 aromatic heterocycles. The first-order chi connectivity index (χ1) is 19.3. The van der Waals surface area contributed by atoms with Crippen LogP contribution in [0.5, 0.6) is 5.75 Å². The first kappa shape index (κ1) is 31.3. The van der Waals surface area contributed by atoms with Gasteiger partial charge in [-0.05, 0) is 48.9 Å². The average molecular weight is 653 g/mol. The smallest absolute Gasteiger partial charge is 0.253 e. The van der Waals surface area contributed by atoms with Crippen molar-refractivity contribution in [2.24, 2.45) is 0 Å². The maximum absolute atomic E-state index is 14.7. The fourth-order valence-electron chi connectivity index (χ4n) is 5.90. The molecule has 2 aliphatic heterocycles. The Morgan fingerprint density at radius 1 is 1.24 bits per heavy atom. The first-order valence-electron chi connectivity index (χ1n) is 13.7. The van der Waals surface area contributed by atoms with E-state index in [2.05, 4.69) is 26.6 Å². The molecule has 2 amide bonds. The van der Waals surface area contributed by atoms with Gasteiger partial charge in [0.05, 0.1) is 38.6 Å². The summed E-state index contributed by atoms with van der Waals surface area (Å²) in [7, 11) is 3.32. The molecule has 2 aromatic carbocycles. The van der Waals surface area contributed by atoms with Crippen molar-refractivity contribution in [3.05, 3.63) is 63.7 Å². The third-order valence-electron chi connectivity index (χ3n) is 8.14. The molecular formula is C30H36BrClFN3O5. The molecule has 0 unspecified atom stereocenters. The zero-order valence-corrected chi connectivity index (χ0v) is 25.8. The summed E-state index contributed by atoms with van der Waals surface area (Å²) in [5.41, 5.74) is 0.344. The number of hydrogen-bond acceptors (Lipinski definition) is 6. The number of halogens is 3. The topological polar surface area (TPSA) is 89.1 Å². The average Bonchev–Trinajstić information content (AvgIpc) is 3.03. The zero-order chi connectivity index (χ0) is 28.4. The fourth-order valence-corrected chi connectivity index (χ4v) is 6.28. The number of carbonyl (C=O) groups is 2. The molecule has 2 N–H and O–H groups in total. The van der Waals surface area contributed by atoms with Crippen LogP contribution in [0.2, 0.25) is 0 Å². The number of carbonyl (C=O) groups excluding carboxylic acids is 2. The van der Waals surface area contributed by atoms with Crippen LogP contribution in [-0.2, 0) is 25.6 Å². The Hall–Kier alpha value is -2.66. The van der Waals surface area contributed by atoms with Gasteiger partial charge in [0.15, 0.2) is 0 Å². The Morgan fingerprint density at radius 2 is 2.00 bits per heavy atom. The molecule has 3 aliphatic rings. The van der Waals surface area contributed by atoms with Crippen LogP contribution in [0.1, 0.15) is 44.6 Å². The molecule has 1 saturated heterocycles. The second-order valence-electron chi connectivity index (χ2n) is 10.4. The summed E-state index contributed by atoms with van der Waals surface area (Å²) >= 11 is 3.54. The quantitative estimate of drug-likeness (QED) is 0.423. The van der Waals surface area contributed by atoms with Gasteiger partial charge in [-0.25, -0.2) is 4.39 Å². The van der Waals surface area contributed by atoms with Crippen molar-refractivity contribution in [2.45, 2.75) is 63.3 Å². The summed E-state index contributed by atoms with van der Waals surface area (Å²) in [4.78, 5) is 29.7. The maximum Gasteiger partial charge on any atom is 0.253 e. The highest BCUT2D eigenvalue weighted by Gasteiger charge is 2.52. The highest BCUT2D eigenvalue weighted by molar-refractivity contribution is 9.10. The number of nitrogens with one attached hydrogen (secondary N) is 2. The second-order valence-corrected chi connectivity index (χ2v) is 11.3. The van der Waals surface area contributed by atoms with Crippen molar-refractivity contribution in [3.8, 4) is 5.75 Å². The van der Waals surface area contributed by atoms with E-state index < -0.39 is 17.7 Å². The first-order valence-corrected chi connectivity index (χ1v) is 14.5. The van der Waals surface area contributed by atoms with E-state index in [1.165, 1.54) is 6.08 Å². The Balaban J connectivity index is 0.00000387. The fraction of sp³-hybridized carbons (Fsp3) is 0.467. The molecule has 2 aromatic rings. The minimum Gasteiger partial charge on any atom is -0.496 e. The summed E-state index contributed by atoms with van der Waals surface area (Å²) in [5, 5.41) is 7.96. The second kappa shape index (κ2) is 13.1. The van der Waals surface area contributed by atoms with E-state index in [-0.39, 0.29) is 43.0 Å². The highest BCUT2D eigenvalue weighted by atomic mass is 79.9. The normalized spacial score (nSPS) is 20.9. The van der Waals surface area contributed by atoms with Gasteiger partial charge in [-0.3, -0.25) is 9.59 Å². The molecule has 0 saturated carbocycles. The van der Waals surface area contributed by atoms with Crippen LogP contribution in [0, 0.1) is 0 Å². The molecule has 41 heavy (non-hydrogen) atoms. The molecule has 5 rings (SSSR count). The van der Waals surface area contributed by atoms with E-state index in [1.54, 1.807) is 19.1 Å². The predicted octanol–water partition coefficient (Wildman–Crippen LogP) is 5.28. The zero-order valence-electron chi connectivity index (χ0n) is 23.4. The molecule has 222 valence electrons. The van der Waals surface area contributed by atoms with Crippen molar-refractivity contribution in [3.63, 3.8) is 0 Å². The van der Waals surface area contributed by atoms with Crippen molar-refractivity contribution in [1.29, 1.82) is 0 Å². The molecule has 1 spiro atoms. The van der Waals surface area contributed by atoms with Crippen LogP contribution in [0.25, 0.3) is 10.8 Å². The standard InChI is InChI=1S/C30H35BrFN3O5.ClH/c1-4-23(33-2)28(36)34-27-29(37)35(17-22-21-8-6-19(31)15-18(21)5-10-25(22)38-3)24-9-7-20(32)16-26(24)40-30(27)11-13-39-14-12-30;/h5-6,8,10,15-16,23,27,33H,4,7,9,11-14,17H2,1-3H3,(H,34,36);1H/t23-,27+;/m0./s1. The van der Waals surface area contributed by atoms with Crippen LogP contribution in [0.3, 0.4) is 0 Å². The number of methoxy groups -OCH3 is 1. The molecule has 1 fully saturated rings. The molecule has 0 bridgehead atoms. The number of likely N-dealkylation sites (N-methyl/N-ethyl adjacent to an activating group) is 1. The summed E-state index contributed by atoms with van der Waals surface area (Å²) in [6, 6.07) is 8.34. The van der Waals surface area contributed by atoms with E-state index in [0.29, 0.717) is 56.1 Å². The number of allylic oxidation sites excluding steroid dienone is 3. The Morgan fingerprint density at radius 3 is 2.68 bits per heavy atom. The number of ether oxygens (including phenoxy) is 3. The van der Waals surface area contributed by atoms with E-state index >= 15 is 0 Å². The SMILES string of the molecule is CC[C@H](NC)C(=O)N[C@@H]1C(=O)N(Cc2c(OC)ccc3cc(Br)ccc23)C2=C(C=C(F)CC2)OC12CCOCC2.Cl. The van der Waals surface area contributed by atoms with Crippen LogP contribution in [-0.4, -0.2) is 61.8 Å². The third kappa shape index (κ3) is 6.11. The number of amides is 2. The summed E-state index contributed by atoms with van der Waals surface area (Å²) in [6.07, 6.45) is 3.16. The van der Waals surface area contributed by atoms with Gasteiger partial charge >= 0.3 is 0 Å². The van der Waals surface area contributed by atoms with Crippen molar-refractivity contribution in [2.75, 3.05) is 27.4 Å². The van der Waals surface area contributed by atoms with Gasteiger partial charge in [0.25, 0.3) is 5.91 Å². The number of nitrogens with zero attached hydrogens (tertiary/aromatic N) is 1. The summed E-state index contributed by atoms with van der Waals surface area (Å²) < 4.78 is 33.6. The van der Waals surface area contributed by atoms with E-state index in [0.717, 1.165) is 20.8 Å². The van der Waals surface area contributed by atoms with Gasteiger partial charge in [0.2, 0.25) is 5.91 Å². The lowest BCUT2D eigenvalue weighted by atomic mass is 9.84. The molecule has 11 heteroatoms. The van der Waals surface area contributed by atoms with E-state index in [4.69, 9.17) is 14.2 Å². The molecule has 1 aliphatic carbocycles. The van der Waals surface area contributed by atoms with Gasteiger partial charge < -0.3 is 29.7 Å². The van der Waals surface area contributed by atoms with Crippen LogP contribution < -0.4 is 15.4 Å². The van der Waals surface area contributed by atoms with E-state index in [9.17, 15) is 14.0 Å². The van der Waals surface area contributed by atoms with Crippen LogP contribution in [0.15, 0.2) is 58.2 Å². The van der Waals surface area contributed by atoms with Gasteiger partial charge in [-0.1, -0.05) is 35.0 Å². The van der Waals surface area contributed by atoms with Gasteiger partial charge in [0, 0.05) is 35.4 Å². The Labute approximate surface area is 254 Å². The lowest BCUT2D eigenvalue weighted by Gasteiger charge is -2.42. The van der Waals surface area contributed by atoms with Crippen molar-refractivity contribution >= 4 is 50.9 Å². The number of rotatable bonds is 7. The number of benzene rings is 2. The van der Waals surface area contributed by atoms with Gasteiger partial charge in [0.1, 0.15) is 29.0 Å². The minimum absolute atomic E-state index is 0. The monoisotopic (exact) mass is 651 g/mol. The Kier molecular flexibility index (Phi) is 10.00. The van der Waals surface area contributed by atoms with Gasteiger partial charge in [-0.2, -0.15) is 0 Å². The molecule has 2 heterocycles. The molecule has 8 nitrogen and oxygen atoms in total. The molecule has 2 atom stereocenters. The number of fused-ring (bicyclic) bond motifs is 1. The van der Waals surface area contributed by atoms with Gasteiger partial charge in [-0.15, -0.1) is 12.4 Å². The lowest BCUT2D eigenvalue weighted by molar-refractivity contribution is -0.149. The Bertz CT molecular complexity index is 1370. The lowest BCUT2D eigenvalue weighted by Crippen LogP contribution is -2.63. The van der Waals surface area contributed by atoms with Crippen LogP contribution in [0.4, 0.5) is 4.39 Å². The van der Waals surface area contributed by atoms with Crippen LogP contribution >= 0.6 is 28.3 Å². The molecular weight excluding hydrogens is 617 g/mol. The minimum atomic E-state index is -1.08.